The zero-order chi connectivity index (χ0) is 62.7. The predicted octanol–water partition coefficient (Wildman–Crippen LogP) is 24.4. The van der Waals surface area contributed by atoms with Crippen LogP contribution in [-0.2, 0) is 20.4 Å². The largest absolute Gasteiger partial charge is 2.00 e. The Balaban J connectivity index is 0.00000641. The van der Waals surface area contributed by atoms with Crippen LogP contribution in [0.1, 0.15) is 0 Å². The van der Waals surface area contributed by atoms with Gasteiger partial charge in [0.1, 0.15) is 0 Å². The van der Waals surface area contributed by atoms with E-state index in [-0.39, 0.29) is 20.4 Å². The van der Waals surface area contributed by atoms with Crippen molar-refractivity contribution in [3.63, 3.8) is 0 Å². The molecule has 3 aliphatic rings. The first-order valence-corrected chi connectivity index (χ1v) is 33.0. The maximum Gasteiger partial charge on any atom is 2.00 e. The van der Waals surface area contributed by atoms with Crippen molar-refractivity contribution in [2.45, 2.75) is 0 Å². The first-order valence-electron chi connectivity index (χ1n) is 33.0. The number of aromatic nitrogens is 4. The fraction of sp³-hybridized carbons (Fsp3) is 0. The minimum atomic E-state index is 0. The topological polar surface area (TPSA) is 54.0 Å². The minimum absolute atomic E-state index is 0. The van der Waals surface area contributed by atoms with Gasteiger partial charge >= 0.3 is 20.4 Å². The molecular weight excluding hydrogens is 1270 g/mol. The van der Waals surface area contributed by atoms with Crippen molar-refractivity contribution in [1.29, 1.82) is 0 Å². The zero-order valence-electron chi connectivity index (χ0n) is 52.1. The standard InChI is InChI=1S/C92H52N4.Pd/c1-5-21-57-41-69(37-33-53(57)17-1)81-85-73-45-61-25-9-11-27-63(61)47-75(73)87(93-85)82(70-38-34-54-18-2-6-22-58(54)42-70)89-77-49-65-29-13-15-31-67(65)51-79(77)91(95-89)84(72-40-36-56-20-4-8-24-60(56)44-72)92-80-52-68-32-16-14-30-66(68)50-78(80)90(96-92)83(71-39-35-55-19-3-7-23-59(55)43-71)88-76-48-64-28-12-10-26-62(64)46-74(76)86(81)94-88;/h1-52H;/q-2;+2. The molecule has 16 aromatic carbocycles. The maximum absolute atomic E-state index is 6.35. The van der Waals surface area contributed by atoms with Crippen molar-refractivity contribution in [2.24, 2.45) is 0 Å². The molecule has 0 fully saturated rings. The molecule has 0 saturated carbocycles. The Morgan fingerprint density at radius 3 is 0.557 bits per heavy atom. The molecule has 21 rings (SSSR count). The van der Waals surface area contributed by atoms with E-state index in [9.17, 15) is 0 Å². The van der Waals surface area contributed by atoms with Gasteiger partial charge in [-0.15, -0.1) is 22.1 Å². The second-order valence-electron chi connectivity index (χ2n) is 26.0. The third-order valence-corrected chi connectivity index (χ3v) is 20.5. The molecule has 4 heterocycles. The van der Waals surface area contributed by atoms with E-state index in [0.717, 1.165) is 219 Å². The van der Waals surface area contributed by atoms with Crippen LogP contribution in [0.2, 0.25) is 0 Å². The van der Waals surface area contributed by atoms with Crippen molar-refractivity contribution in [3.05, 3.63) is 315 Å². The van der Waals surface area contributed by atoms with Gasteiger partial charge in [-0.25, -0.2) is 9.97 Å². The summed E-state index contributed by atoms with van der Waals surface area (Å²) in [6.07, 6.45) is 0. The smallest absolute Gasteiger partial charge is 0.656 e. The number of fused-ring (bicyclic) bond motifs is 8. The number of hydrogen-bond donors (Lipinski definition) is 0. The summed E-state index contributed by atoms with van der Waals surface area (Å²) in [6.45, 7) is 0. The van der Waals surface area contributed by atoms with E-state index in [0.29, 0.717) is 0 Å². The van der Waals surface area contributed by atoms with Crippen molar-refractivity contribution in [3.8, 4) is 89.5 Å². The summed E-state index contributed by atoms with van der Waals surface area (Å²) in [5.41, 5.74) is 18.6. The molecule has 0 saturated heterocycles. The summed E-state index contributed by atoms with van der Waals surface area (Å²) in [5, 5.41) is 22.2. The fourth-order valence-electron chi connectivity index (χ4n) is 15.9. The average molecular weight is 1320 g/mol. The summed E-state index contributed by atoms with van der Waals surface area (Å²) in [7, 11) is 0. The number of rotatable bonds is 4. The third-order valence-electron chi connectivity index (χ3n) is 20.5. The fourth-order valence-corrected chi connectivity index (χ4v) is 15.9. The van der Waals surface area contributed by atoms with Crippen molar-refractivity contribution in [1.82, 2.24) is 19.9 Å². The van der Waals surface area contributed by atoms with Gasteiger partial charge in [-0.3, -0.25) is 0 Å². The van der Waals surface area contributed by atoms with Crippen LogP contribution in [0.4, 0.5) is 0 Å². The quantitative estimate of drug-likeness (QED) is 0.165. The molecule has 97 heavy (non-hydrogen) atoms. The van der Waals surface area contributed by atoms with Gasteiger partial charge in [0.25, 0.3) is 0 Å². The first kappa shape index (κ1) is 55.4. The third kappa shape index (κ3) is 8.59. The van der Waals surface area contributed by atoms with Gasteiger partial charge in [-0.1, -0.05) is 243 Å². The van der Waals surface area contributed by atoms with E-state index in [2.05, 4.69) is 315 Å². The predicted molar refractivity (Wildman–Crippen MR) is 405 cm³/mol. The Hall–Kier alpha value is -12.1. The van der Waals surface area contributed by atoms with E-state index in [1.165, 1.54) is 0 Å². The molecule has 0 amide bonds. The van der Waals surface area contributed by atoms with Crippen LogP contribution in [0.3, 0.4) is 0 Å². The van der Waals surface area contributed by atoms with Crippen LogP contribution in [0.5, 0.6) is 0 Å². The molecule has 0 unspecified atom stereocenters. The molecule has 0 atom stereocenters. The van der Waals surface area contributed by atoms with Crippen LogP contribution in [0, 0.1) is 0 Å². The molecular formula is C92H52N4Pd. The Bertz CT molecular complexity index is 6040. The van der Waals surface area contributed by atoms with Gasteiger partial charge in [-0.2, -0.15) is 0 Å². The summed E-state index contributed by atoms with van der Waals surface area (Å²) in [5.74, 6) is 0. The molecule has 2 aliphatic heterocycles. The second-order valence-corrected chi connectivity index (χ2v) is 26.0. The average Bonchev–Trinajstić information content (AvgIpc) is 1.56. The van der Waals surface area contributed by atoms with E-state index in [1.54, 1.807) is 0 Å². The monoisotopic (exact) mass is 1320 g/mol. The second kappa shape index (κ2) is 21.5. The Labute approximate surface area is 571 Å². The van der Waals surface area contributed by atoms with Gasteiger partial charge in [-0.05, 0) is 225 Å². The van der Waals surface area contributed by atoms with Crippen LogP contribution < -0.4 is 9.97 Å². The van der Waals surface area contributed by atoms with Crippen LogP contribution in [-0.4, -0.2) is 9.97 Å². The molecule has 2 aromatic heterocycles. The molecule has 0 spiro atoms. The SMILES string of the molecule is [Pd+2].c1ccc2cc(-c3c4nc(c(-c5ccc6ccccc6c5)c5[n-]c(c(-c6ccc7ccccc7c6)c6nc(c(-c7ccc8ccccc8c7)c7[n-]c3c3cc8ccccc8cc73)-c3cc7ccccc7cc3-6)c3cc6ccccc6cc53)-c3cc5ccccc5cc3-4)ccc2c1. The molecule has 4 nitrogen and oxygen atoms in total. The van der Waals surface area contributed by atoms with Gasteiger partial charge in [0.05, 0.1) is 22.8 Å². The van der Waals surface area contributed by atoms with Crippen LogP contribution in [0.15, 0.2) is 315 Å². The van der Waals surface area contributed by atoms with Crippen molar-refractivity contribution >= 4 is 130 Å². The summed E-state index contributed by atoms with van der Waals surface area (Å²) in [6, 6.07) is 116. The van der Waals surface area contributed by atoms with Crippen LogP contribution >= 0.6 is 0 Å². The minimum Gasteiger partial charge on any atom is -0.656 e. The van der Waals surface area contributed by atoms with E-state index < -0.39 is 0 Å². The van der Waals surface area contributed by atoms with Gasteiger partial charge in [0.15, 0.2) is 0 Å². The molecule has 450 valence electrons. The number of hydrogen-bond acceptors (Lipinski definition) is 2. The molecule has 8 bridgehead atoms. The summed E-state index contributed by atoms with van der Waals surface area (Å²) < 4.78 is 0. The van der Waals surface area contributed by atoms with E-state index in [4.69, 9.17) is 19.9 Å². The van der Waals surface area contributed by atoms with E-state index in [1.807, 2.05) is 0 Å². The number of nitrogens with zero attached hydrogens (tertiary/aromatic N) is 4. The molecule has 0 N–H and O–H groups in total. The van der Waals surface area contributed by atoms with Gasteiger partial charge in [0, 0.05) is 22.3 Å². The maximum atomic E-state index is 6.35. The zero-order valence-corrected chi connectivity index (χ0v) is 53.7. The van der Waals surface area contributed by atoms with Gasteiger partial charge in [0.2, 0.25) is 0 Å². The molecule has 0 radical (unpaired) electrons. The Morgan fingerprint density at radius 2 is 0.351 bits per heavy atom. The van der Waals surface area contributed by atoms with Crippen molar-refractivity contribution in [2.75, 3.05) is 0 Å². The summed E-state index contributed by atoms with van der Waals surface area (Å²) >= 11 is 0. The molecule has 5 heteroatoms. The number of benzene rings is 16. The van der Waals surface area contributed by atoms with E-state index >= 15 is 0 Å². The first-order chi connectivity index (χ1) is 47.5. The van der Waals surface area contributed by atoms with Gasteiger partial charge < -0.3 is 9.97 Å². The molecule has 18 aromatic rings. The Kier molecular flexibility index (Phi) is 12.3. The Morgan fingerprint density at radius 1 is 0.175 bits per heavy atom. The molecule has 1 aliphatic carbocycles. The van der Waals surface area contributed by atoms with Crippen molar-refractivity contribution < 1.29 is 20.4 Å². The summed E-state index contributed by atoms with van der Waals surface area (Å²) in [4.78, 5) is 25.4. The van der Waals surface area contributed by atoms with Crippen LogP contribution in [0.25, 0.3) is 219 Å². The normalized spacial score (nSPS) is 12.0.